The fourth-order valence-electron chi connectivity index (χ4n) is 1.40. The van der Waals surface area contributed by atoms with E-state index in [4.69, 9.17) is 5.73 Å². The van der Waals surface area contributed by atoms with Crippen LogP contribution < -0.4 is 16.0 Å². The summed E-state index contributed by atoms with van der Waals surface area (Å²) in [6, 6.07) is 11.6. The molecule has 3 N–H and O–H groups in total. The molecule has 5 heteroatoms. The molecule has 0 aliphatic rings. The smallest absolute Gasteiger partial charge is 0.153 e. The summed E-state index contributed by atoms with van der Waals surface area (Å²) in [5.41, 5.74) is 7.59. The Labute approximate surface area is 100 Å². The van der Waals surface area contributed by atoms with Gasteiger partial charge in [-0.2, -0.15) is 0 Å². The first-order chi connectivity index (χ1) is 8.15. The van der Waals surface area contributed by atoms with Crippen molar-refractivity contribution in [1.82, 2.24) is 10.2 Å². The van der Waals surface area contributed by atoms with E-state index in [9.17, 15) is 0 Å². The van der Waals surface area contributed by atoms with Gasteiger partial charge in [0.2, 0.25) is 0 Å². The Hall–Kier alpha value is -2.30. The third-order valence-corrected chi connectivity index (χ3v) is 2.34. The molecule has 0 fully saturated rings. The van der Waals surface area contributed by atoms with Crippen molar-refractivity contribution in [3.05, 3.63) is 36.4 Å². The normalized spacial score (nSPS) is 10.0. The zero-order valence-corrected chi connectivity index (χ0v) is 9.88. The molecule has 0 aliphatic heterocycles. The molecule has 2 rings (SSSR count). The van der Waals surface area contributed by atoms with Crippen LogP contribution in [0.1, 0.15) is 0 Å². The summed E-state index contributed by atoms with van der Waals surface area (Å²) in [4.78, 5) is 2.05. The van der Waals surface area contributed by atoms with Gasteiger partial charge in [-0.15, -0.1) is 10.2 Å². The first-order valence-corrected chi connectivity index (χ1v) is 5.29. The first kappa shape index (κ1) is 11.2. The minimum absolute atomic E-state index is 0.415. The predicted molar refractivity (Wildman–Crippen MR) is 70.5 cm³/mol. The summed E-state index contributed by atoms with van der Waals surface area (Å²) in [5, 5.41) is 10.9. The van der Waals surface area contributed by atoms with Crippen molar-refractivity contribution >= 4 is 23.0 Å². The Morgan fingerprint density at radius 3 is 2.24 bits per heavy atom. The van der Waals surface area contributed by atoms with Crippen LogP contribution in [0.15, 0.2) is 36.4 Å². The highest BCUT2D eigenvalue weighted by Crippen LogP contribution is 2.18. The third kappa shape index (κ3) is 2.84. The molecule has 1 heterocycles. The van der Waals surface area contributed by atoms with Crippen LogP contribution in [0.4, 0.5) is 23.0 Å². The lowest BCUT2D eigenvalue weighted by molar-refractivity contribution is 1.05. The quantitative estimate of drug-likeness (QED) is 0.841. The van der Waals surface area contributed by atoms with Crippen LogP contribution in [0, 0.1) is 0 Å². The highest BCUT2D eigenvalue weighted by Gasteiger charge is 1.98. The van der Waals surface area contributed by atoms with Crippen LogP contribution in [0.5, 0.6) is 0 Å². The van der Waals surface area contributed by atoms with E-state index >= 15 is 0 Å². The molecule has 88 valence electrons. The number of rotatable bonds is 3. The average Bonchev–Trinajstić information content (AvgIpc) is 2.33. The van der Waals surface area contributed by atoms with Crippen molar-refractivity contribution in [3.63, 3.8) is 0 Å². The van der Waals surface area contributed by atoms with Crippen LogP contribution in [0.2, 0.25) is 0 Å². The second kappa shape index (κ2) is 4.69. The van der Waals surface area contributed by atoms with Crippen LogP contribution in [-0.4, -0.2) is 24.3 Å². The van der Waals surface area contributed by atoms with Crippen LogP contribution in [0.3, 0.4) is 0 Å². The highest BCUT2D eigenvalue weighted by atomic mass is 15.2. The first-order valence-electron chi connectivity index (χ1n) is 5.29. The zero-order valence-electron chi connectivity index (χ0n) is 9.88. The molecule has 0 bridgehead atoms. The Bertz CT molecular complexity index is 475. The van der Waals surface area contributed by atoms with E-state index in [1.54, 1.807) is 12.1 Å². The number of nitrogens with zero attached hydrogens (tertiary/aromatic N) is 3. The topological polar surface area (TPSA) is 67.1 Å². The van der Waals surface area contributed by atoms with Crippen molar-refractivity contribution in [1.29, 1.82) is 0 Å². The summed E-state index contributed by atoms with van der Waals surface area (Å²) in [6.07, 6.45) is 0. The van der Waals surface area contributed by atoms with E-state index in [-0.39, 0.29) is 0 Å². The molecular formula is C12H15N5. The summed E-state index contributed by atoms with van der Waals surface area (Å²) in [5.74, 6) is 1.09. The van der Waals surface area contributed by atoms with Gasteiger partial charge in [-0.1, -0.05) is 0 Å². The van der Waals surface area contributed by atoms with E-state index in [0.29, 0.717) is 11.6 Å². The van der Waals surface area contributed by atoms with Crippen LogP contribution in [0.25, 0.3) is 0 Å². The summed E-state index contributed by atoms with van der Waals surface area (Å²) >= 11 is 0. The summed E-state index contributed by atoms with van der Waals surface area (Å²) in [6.45, 7) is 0. The highest BCUT2D eigenvalue weighted by molar-refractivity contribution is 5.60. The van der Waals surface area contributed by atoms with Crippen molar-refractivity contribution in [3.8, 4) is 0 Å². The monoisotopic (exact) mass is 229 g/mol. The molecule has 0 spiro atoms. The van der Waals surface area contributed by atoms with Gasteiger partial charge >= 0.3 is 0 Å². The van der Waals surface area contributed by atoms with Gasteiger partial charge in [-0.05, 0) is 36.4 Å². The van der Waals surface area contributed by atoms with Gasteiger partial charge in [0.15, 0.2) is 5.82 Å². The SMILES string of the molecule is CN(C)c1ccc(Nc2ccc(N)nn2)cc1. The van der Waals surface area contributed by atoms with Gasteiger partial charge in [-0.3, -0.25) is 0 Å². The fourth-order valence-corrected chi connectivity index (χ4v) is 1.40. The lowest BCUT2D eigenvalue weighted by Gasteiger charge is -2.13. The molecule has 0 amide bonds. The molecule has 0 saturated heterocycles. The van der Waals surface area contributed by atoms with E-state index in [2.05, 4.69) is 15.5 Å². The number of nitrogens with two attached hydrogens (primary N) is 1. The molecule has 17 heavy (non-hydrogen) atoms. The number of hydrogen-bond donors (Lipinski definition) is 2. The van der Waals surface area contributed by atoms with Gasteiger partial charge in [0.05, 0.1) is 0 Å². The maximum Gasteiger partial charge on any atom is 0.153 e. The molecule has 5 nitrogen and oxygen atoms in total. The van der Waals surface area contributed by atoms with Gasteiger partial charge in [0, 0.05) is 25.5 Å². The van der Waals surface area contributed by atoms with Crippen molar-refractivity contribution < 1.29 is 0 Å². The molecule has 0 saturated carbocycles. The minimum atomic E-state index is 0.415. The lowest BCUT2D eigenvalue weighted by atomic mass is 10.2. The maximum atomic E-state index is 5.47. The number of aromatic nitrogens is 2. The number of hydrogen-bond acceptors (Lipinski definition) is 5. The Morgan fingerprint density at radius 2 is 1.71 bits per heavy atom. The number of nitrogens with one attached hydrogen (secondary N) is 1. The van der Waals surface area contributed by atoms with E-state index < -0.39 is 0 Å². The largest absolute Gasteiger partial charge is 0.382 e. The summed E-state index contributed by atoms with van der Waals surface area (Å²) in [7, 11) is 4.02. The fraction of sp³-hybridized carbons (Fsp3) is 0.167. The standard InChI is InChI=1S/C12H15N5/c1-17(2)10-5-3-9(4-6-10)14-12-8-7-11(13)15-16-12/h3-8H,1-2H3,(H2,13,15)(H,14,16). The van der Waals surface area contributed by atoms with Gasteiger partial charge in [0.25, 0.3) is 0 Å². The van der Waals surface area contributed by atoms with Crippen molar-refractivity contribution in [2.75, 3.05) is 30.0 Å². The number of benzene rings is 1. The predicted octanol–water partition coefficient (Wildman–Crippen LogP) is 1.87. The molecule has 2 aromatic rings. The van der Waals surface area contributed by atoms with E-state index in [1.165, 1.54) is 0 Å². The number of anilines is 4. The molecule has 0 radical (unpaired) electrons. The van der Waals surface area contributed by atoms with Gasteiger partial charge in [0.1, 0.15) is 5.82 Å². The Kier molecular flexibility index (Phi) is 3.09. The van der Waals surface area contributed by atoms with Gasteiger partial charge in [-0.25, -0.2) is 0 Å². The molecule has 1 aromatic heterocycles. The Balaban J connectivity index is 2.11. The minimum Gasteiger partial charge on any atom is -0.382 e. The Morgan fingerprint density at radius 1 is 1.00 bits per heavy atom. The van der Waals surface area contributed by atoms with E-state index in [0.717, 1.165) is 11.4 Å². The number of nitrogen functional groups attached to an aromatic ring is 1. The second-order valence-corrected chi connectivity index (χ2v) is 3.91. The third-order valence-electron chi connectivity index (χ3n) is 2.34. The lowest BCUT2D eigenvalue weighted by Crippen LogP contribution is -2.08. The zero-order chi connectivity index (χ0) is 12.3. The van der Waals surface area contributed by atoms with Crippen molar-refractivity contribution in [2.45, 2.75) is 0 Å². The van der Waals surface area contributed by atoms with Gasteiger partial charge < -0.3 is 16.0 Å². The van der Waals surface area contributed by atoms with Crippen molar-refractivity contribution in [2.24, 2.45) is 0 Å². The summed E-state index contributed by atoms with van der Waals surface area (Å²) < 4.78 is 0. The average molecular weight is 229 g/mol. The van der Waals surface area contributed by atoms with E-state index in [1.807, 2.05) is 43.3 Å². The molecular weight excluding hydrogens is 214 g/mol. The van der Waals surface area contributed by atoms with Crippen LogP contribution >= 0.6 is 0 Å². The second-order valence-electron chi connectivity index (χ2n) is 3.91. The van der Waals surface area contributed by atoms with Crippen LogP contribution in [-0.2, 0) is 0 Å². The molecule has 0 atom stereocenters. The molecule has 1 aromatic carbocycles. The maximum absolute atomic E-state index is 5.47. The molecule has 0 unspecified atom stereocenters. The molecule has 0 aliphatic carbocycles.